The van der Waals surface area contributed by atoms with Crippen LogP contribution in [0.2, 0.25) is 0 Å². The molecule has 0 aromatic heterocycles. The number of amides is 2. The second-order valence-corrected chi connectivity index (χ2v) is 7.41. The van der Waals surface area contributed by atoms with Crippen LogP contribution < -0.4 is 19.9 Å². The van der Waals surface area contributed by atoms with Crippen LogP contribution >= 0.6 is 0 Å². The molecule has 4 rings (SSSR count). The summed E-state index contributed by atoms with van der Waals surface area (Å²) < 4.78 is 5.46. The lowest BCUT2D eigenvalue weighted by molar-refractivity contribution is -0.121. The minimum atomic E-state index is -0.130. The minimum absolute atomic E-state index is 0.00483. The van der Waals surface area contributed by atoms with Gasteiger partial charge in [0.1, 0.15) is 5.75 Å². The zero-order valence-corrected chi connectivity index (χ0v) is 16.6. The zero-order valence-electron chi connectivity index (χ0n) is 16.6. The van der Waals surface area contributed by atoms with E-state index in [2.05, 4.69) is 22.2 Å². The lowest BCUT2D eigenvalue weighted by Gasteiger charge is -2.35. The monoisotopic (exact) mass is 394 g/mol. The maximum Gasteiger partial charge on any atom is 0.265 e. The molecule has 0 radical (unpaired) electrons. The van der Waals surface area contributed by atoms with Crippen molar-refractivity contribution in [2.45, 2.75) is 6.42 Å². The maximum absolute atomic E-state index is 12.7. The number of piperazine rings is 1. The first-order chi connectivity index (χ1) is 14.1. The second kappa shape index (κ2) is 8.53. The molecule has 2 aromatic rings. The third kappa shape index (κ3) is 4.35. The minimum Gasteiger partial charge on any atom is -0.482 e. The normalized spacial score (nSPS) is 16.9. The van der Waals surface area contributed by atoms with Crippen LogP contribution in [0.4, 0.5) is 17.1 Å². The summed E-state index contributed by atoms with van der Waals surface area (Å²) in [6, 6.07) is 15.3. The van der Waals surface area contributed by atoms with E-state index in [-0.39, 0.29) is 24.8 Å². The number of rotatable bonds is 5. The van der Waals surface area contributed by atoms with Gasteiger partial charge in [0.2, 0.25) is 5.91 Å². The zero-order chi connectivity index (χ0) is 20.2. The Morgan fingerprint density at radius 2 is 1.69 bits per heavy atom. The molecule has 0 unspecified atom stereocenters. The Kier molecular flexibility index (Phi) is 5.67. The largest absolute Gasteiger partial charge is 0.482 e. The Hall–Kier alpha value is -3.06. The molecule has 7 nitrogen and oxygen atoms in total. The molecule has 2 aliphatic rings. The van der Waals surface area contributed by atoms with Crippen LogP contribution in [-0.2, 0) is 9.59 Å². The number of nitrogens with one attached hydrogen (secondary N) is 1. The van der Waals surface area contributed by atoms with Gasteiger partial charge >= 0.3 is 0 Å². The van der Waals surface area contributed by atoms with E-state index in [9.17, 15) is 9.59 Å². The molecule has 2 aliphatic heterocycles. The number of anilines is 3. The number of hydrogen-bond acceptors (Lipinski definition) is 5. The number of para-hydroxylation sites is 4. The van der Waals surface area contributed by atoms with Crippen LogP contribution in [0, 0.1) is 0 Å². The van der Waals surface area contributed by atoms with Crippen molar-refractivity contribution >= 4 is 28.9 Å². The van der Waals surface area contributed by atoms with Gasteiger partial charge in [0.25, 0.3) is 5.91 Å². The molecule has 1 N–H and O–H groups in total. The molecule has 0 spiro atoms. The molecule has 152 valence electrons. The summed E-state index contributed by atoms with van der Waals surface area (Å²) in [5.41, 5.74) is 2.58. The fraction of sp³-hybridized carbons (Fsp3) is 0.364. The standard InChI is InChI=1S/C22H26N4O3/c1-24-12-14-25(15-13-24)18-7-3-2-6-17(18)23-21(27)10-11-26-19-8-4-5-9-20(19)29-16-22(26)28/h2-9H,10-16H2,1H3,(H,23,27). The Morgan fingerprint density at radius 3 is 2.48 bits per heavy atom. The highest BCUT2D eigenvalue weighted by Crippen LogP contribution is 2.31. The first kappa shape index (κ1) is 19.3. The van der Waals surface area contributed by atoms with E-state index in [1.165, 1.54) is 0 Å². The van der Waals surface area contributed by atoms with Crippen LogP contribution in [0.15, 0.2) is 48.5 Å². The van der Waals surface area contributed by atoms with Gasteiger partial charge in [0.05, 0.1) is 17.1 Å². The third-order valence-electron chi connectivity index (χ3n) is 5.39. The van der Waals surface area contributed by atoms with Crippen molar-refractivity contribution in [2.75, 3.05) is 61.5 Å². The van der Waals surface area contributed by atoms with Crippen LogP contribution in [0.5, 0.6) is 5.75 Å². The summed E-state index contributed by atoms with van der Waals surface area (Å²) in [4.78, 5) is 31.2. The number of benzene rings is 2. The Labute approximate surface area is 170 Å². The van der Waals surface area contributed by atoms with Gasteiger partial charge in [-0.05, 0) is 31.3 Å². The van der Waals surface area contributed by atoms with Crippen molar-refractivity contribution < 1.29 is 14.3 Å². The lowest BCUT2D eigenvalue weighted by atomic mass is 10.2. The van der Waals surface area contributed by atoms with Crippen molar-refractivity contribution in [3.63, 3.8) is 0 Å². The average Bonchev–Trinajstić information content (AvgIpc) is 2.74. The molecule has 1 fully saturated rings. The maximum atomic E-state index is 12.7. The van der Waals surface area contributed by atoms with Gasteiger partial charge in [-0.3, -0.25) is 9.59 Å². The fourth-order valence-electron chi connectivity index (χ4n) is 3.73. The number of hydrogen-bond donors (Lipinski definition) is 1. The highest BCUT2D eigenvalue weighted by atomic mass is 16.5. The number of nitrogens with zero attached hydrogens (tertiary/aromatic N) is 3. The van der Waals surface area contributed by atoms with Gasteiger partial charge < -0.3 is 24.8 Å². The van der Waals surface area contributed by atoms with Crippen molar-refractivity contribution in [2.24, 2.45) is 0 Å². The van der Waals surface area contributed by atoms with Gasteiger partial charge in [-0.15, -0.1) is 0 Å². The number of fused-ring (bicyclic) bond motifs is 1. The summed E-state index contributed by atoms with van der Waals surface area (Å²) in [5.74, 6) is 0.436. The van der Waals surface area contributed by atoms with Crippen LogP contribution in [-0.4, -0.2) is 63.1 Å². The first-order valence-corrected chi connectivity index (χ1v) is 9.96. The summed E-state index contributed by atoms with van der Waals surface area (Å²) in [7, 11) is 2.12. The molecular weight excluding hydrogens is 368 g/mol. The third-order valence-corrected chi connectivity index (χ3v) is 5.39. The van der Waals surface area contributed by atoms with Crippen molar-refractivity contribution in [1.82, 2.24) is 4.90 Å². The number of ether oxygens (including phenoxy) is 1. The van der Waals surface area contributed by atoms with Crippen molar-refractivity contribution in [3.8, 4) is 5.75 Å². The predicted octanol–water partition coefficient (Wildman–Crippen LogP) is 2.19. The van der Waals surface area contributed by atoms with Crippen LogP contribution in [0.25, 0.3) is 0 Å². The molecule has 0 saturated carbocycles. The van der Waals surface area contributed by atoms with E-state index < -0.39 is 0 Å². The van der Waals surface area contributed by atoms with Crippen LogP contribution in [0.1, 0.15) is 6.42 Å². The van der Waals surface area contributed by atoms with Crippen molar-refractivity contribution in [1.29, 1.82) is 0 Å². The molecule has 2 amide bonds. The molecule has 1 saturated heterocycles. The molecule has 29 heavy (non-hydrogen) atoms. The highest BCUT2D eigenvalue weighted by molar-refractivity contribution is 5.99. The number of carbonyl (C=O) groups excluding carboxylic acids is 2. The molecular formula is C22H26N4O3. The van der Waals surface area contributed by atoms with E-state index >= 15 is 0 Å². The van der Waals surface area contributed by atoms with E-state index in [1.807, 2.05) is 48.5 Å². The average molecular weight is 394 g/mol. The topological polar surface area (TPSA) is 65.1 Å². The predicted molar refractivity (Wildman–Crippen MR) is 114 cm³/mol. The number of carbonyl (C=O) groups is 2. The number of likely N-dealkylation sites (N-methyl/N-ethyl adjacent to an activating group) is 1. The molecule has 0 aliphatic carbocycles. The molecule has 2 aromatic carbocycles. The summed E-state index contributed by atoms with van der Waals surface area (Å²) in [6.07, 6.45) is 0.219. The molecule has 2 heterocycles. The smallest absolute Gasteiger partial charge is 0.265 e. The van der Waals surface area contributed by atoms with Gasteiger partial charge in [-0.1, -0.05) is 24.3 Å². The highest BCUT2D eigenvalue weighted by Gasteiger charge is 2.25. The van der Waals surface area contributed by atoms with Gasteiger partial charge in [-0.2, -0.15) is 0 Å². The van der Waals surface area contributed by atoms with Gasteiger partial charge in [0.15, 0.2) is 6.61 Å². The van der Waals surface area contributed by atoms with E-state index in [0.29, 0.717) is 12.3 Å². The Balaban J connectivity index is 1.40. The summed E-state index contributed by atoms with van der Waals surface area (Å²) >= 11 is 0. The summed E-state index contributed by atoms with van der Waals surface area (Å²) in [5, 5.41) is 3.03. The van der Waals surface area contributed by atoms with Gasteiger partial charge in [0, 0.05) is 39.1 Å². The molecule has 7 heteroatoms. The summed E-state index contributed by atoms with van der Waals surface area (Å²) in [6.45, 7) is 4.19. The van der Waals surface area contributed by atoms with Crippen LogP contribution in [0.3, 0.4) is 0 Å². The van der Waals surface area contributed by atoms with E-state index in [4.69, 9.17) is 4.74 Å². The lowest BCUT2D eigenvalue weighted by Crippen LogP contribution is -2.44. The Morgan fingerprint density at radius 1 is 1.00 bits per heavy atom. The second-order valence-electron chi connectivity index (χ2n) is 7.41. The van der Waals surface area contributed by atoms with E-state index in [0.717, 1.165) is 43.2 Å². The fourth-order valence-corrected chi connectivity index (χ4v) is 3.73. The first-order valence-electron chi connectivity index (χ1n) is 9.96. The molecule has 0 bridgehead atoms. The quantitative estimate of drug-likeness (QED) is 0.842. The van der Waals surface area contributed by atoms with E-state index in [1.54, 1.807) is 4.90 Å². The van der Waals surface area contributed by atoms with Gasteiger partial charge in [-0.25, -0.2) is 0 Å². The Bertz CT molecular complexity index is 893. The molecule has 0 atom stereocenters. The SMILES string of the molecule is CN1CCN(c2ccccc2NC(=O)CCN2C(=O)COc3ccccc32)CC1. The van der Waals surface area contributed by atoms with Crippen molar-refractivity contribution in [3.05, 3.63) is 48.5 Å².